The van der Waals surface area contributed by atoms with E-state index in [1.165, 1.54) is 25.3 Å². The second-order valence-electron chi connectivity index (χ2n) is 6.50. The van der Waals surface area contributed by atoms with Crippen molar-refractivity contribution in [3.05, 3.63) is 41.2 Å². The number of pyridine rings is 1. The summed E-state index contributed by atoms with van der Waals surface area (Å²) in [4.78, 5) is 16.4. The number of rotatable bonds is 3. The van der Waals surface area contributed by atoms with Gasteiger partial charge in [-0.25, -0.2) is 4.39 Å². The second kappa shape index (κ2) is 7.20. The Morgan fingerprint density at radius 3 is 2.31 bits per heavy atom. The number of aromatic nitrogens is 1. The van der Waals surface area contributed by atoms with Crippen molar-refractivity contribution in [1.82, 2.24) is 4.98 Å². The molecule has 0 bridgehead atoms. The van der Waals surface area contributed by atoms with Crippen LogP contribution in [0.15, 0.2) is 24.3 Å². The molecule has 1 heterocycles. The van der Waals surface area contributed by atoms with E-state index in [4.69, 9.17) is 4.74 Å². The van der Waals surface area contributed by atoms with Gasteiger partial charge in [0.25, 0.3) is 0 Å². The highest BCUT2D eigenvalue weighted by Gasteiger charge is 2.27. The Balaban J connectivity index is 2.84. The zero-order chi connectivity index (χ0) is 19.5. The third-order valence-electron chi connectivity index (χ3n) is 3.64. The highest BCUT2D eigenvalue weighted by molar-refractivity contribution is 5.96. The fourth-order valence-electron chi connectivity index (χ4n) is 2.24. The highest BCUT2D eigenvalue weighted by atomic mass is 19.1. The van der Waals surface area contributed by atoms with E-state index in [1.54, 1.807) is 26.8 Å². The van der Waals surface area contributed by atoms with Gasteiger partial charge in [0.15, 0.2) is 5.82 Å². The Morgan fingerprint density at radius 2 is 1.81 bits per heavy atom. The molecule has 1 aromatic carbocycles. The van der Waals surface area contributed by atoms with Crippen LogP contribution in [0.3, 0.4) is 0 Å². The largest absolute Gasteiger partial charge is 0.480 e. The Labute approximate surface area is 150 Å². The molecular weight excluding hydrogens is 335 g/mol. The summed E-state index contributed by atoms with van der Waals surface area (Å²) in [6.45, 7) is 5.10. The summed E-state index contributed by atoms with van der Waals surface area (Å²) in [6.07, 6.45) is 0. The smallest absolute Gasteiger partial charge is 0.234 e. The zero-order valence-electron chi connectivity index (χ0n) is 14.8. The van der Waals surface area contributed by atoms with Crippen LogP contribution in [-0.2, 0) is 4.79 Å². The van der Waals surface area contributed by atoms with E-state index >= 15 is 0 Å². The molecule has 0 fully saturated rings. The number of nitrogens with zero attached hydrogens (tertiary/aromatic N) is 3. The topological polar surface area (TPSA) is 98.8 Å². The first-order valence-corrected chi connectivity index (χ1v) is 7.73. The fraction of sp³-hybridized carbons (Fsp3) is 0.263. The van der Waals surface area contributed by atoms with E-state index in [0.717, 1.165) is 0 Å². The number of anilines is 1. The molecule has 7 heteroatoms. The number of nitrogens with one attached hydrogen (secondary N) is 1. The summed E-state index contributed by atoms with van der Waals surface area (Å²) in [5.74, 6) is -1.18. The van der Waals surface area contributed by atoms with Gasteiger partial charge in [0, 0.05) is 16.5 Å². The van der Waals surface area contributed by atoms with Crippen LogP contribution < -0.4 is 10.1 Å². The second-order valence-corrected chi connectivity index (χ2v) is 6.50. The first kappa shape index (κ1) is 18.9. The highest BCUT2D eigenvalue weighted by Crippen LogP contribution is 2.37. The summed E-state index contributed by atoms with van der Waals surface area (Å²) >= 11 is 0. The van der Waals surface area contributed by atoms with Crippen LogP contribution in [0.1, 0.15) is 31.9 Å². The standard InChI is InChI=1S/C19H17FN4O2/c1-19(2,3)18(25)24-16-12(9-21)15(11-7-5-6-8-14(11)20)13(10-22)17(23-16)26-4/h5-8H,1-4H3,(H,23,24,25). The van der Waals surface area contributed by atoms with Gasteiger partial charge in [0.1, 0.15) is 29.1 Å². The van der Waals surface area contributed by atoms with Crippen molar-refractivity contribution >= 4 is 11.7 Å². The molecule has 0 spiro atoms. The van der Waals surface area contributed by atoms with Crippen molar-refractivity contribution in [2.75, 3.05) is 12.4 Å². The lowest BCUT2D eigenvalue weighted by atomic mass is 9.94. The molecule has 1 N–H and O–H groups in total. The van der Waals surface area contributed by atoms with Crippen molar-refractivity contribution in [3.8, 4) is 29.1 Å². The molecule has 132 valence electrons. The van der Waals surface area contributed by atoms with Crippen LogP contribution in [0.2, 0.25) is 0 Å². The Morgan fingerprint density at radius 1 is 1.19 bits per heavy atom. The molecule has 0 saturated carbocycles. The normalized spacial score (nSPS) is 10.6. The number of hydrogen-bond donors (Lipinski definition) is 1. The number of methoxy groups -OCH3 is 1. The third kappa shape index (κ3) is 3.47. The van der Waals surface area contributed by atoms with Crippen LogP contribution in [0.25, 0.3) is 11.1 Å². The lowest BCUT2D eigenvalue weighted by Crippen LogP contribution is -2.28. The summed E-state index contributed by atoms with van der Waals surface area (Å²) < 4.78 is 19.5. The number of benzene rings is 1. The molecule has 0 aliphatic heterocycles. The molecule has 0 radical (unpaired) electrons. The Bertz CT molecular complexity index is 950. The number of ether oxygens (including phenoxy) is 1. The van der Waals surface area contributed by atoms with E-state index in [9.17, 15) is 19.7 Å². The maximum absolute atomic E-state index is 14.4. The lowest BCUT2D eigenvalue weighted by Gasteiger charge is -2.20. The minimum absolute atomic E-state index is 0.0316. The molecule has 0 aliphatic rings. The monoisotopic (exact) mass is 352 g/mol. The zero-order valence-corrected chi connectivity index (χ0v) is 14.8. The van der Waals surface area contributed by atoms with E-state index < -0.39 is 11.2 Å². The van der Waals surface area contributed by atoms with Crippen LogP contribution in [0.4, 0.5) is 10.2 Å². The van der Waals surface area contributed by atoms with Crippen LogP contribution in [0.5, 0.6) is 5.88 Å². The predicted octanol–water partition coefficient (Wildman–Crippen LogP) is 3.62. The summed E-state index contributed by atoms with van der Waals surface area (Å²) in [5, 5.41) is 21.7. The average molecular weight is 352 g/mol. The molecular formula is C19H17FN4O2. The molecule has 2 rings (SSSR count). The van der Waals surface area contributed by atoms with E-state index in [1.807, 2.05) is 12.1 Å². The van der Waals surface area contributed by atoms with Gasteiger partial charge in [-0.05, 0) is 6.07 Å². The Hall–Kier alpha value is -3.45. The number of hydrogen-bond acceptors (Lipinski definition) is 5. The average Bonchev–Trinajstić information content (AvgIpc) is 2.60. The van der Waals surface area contributed by atoms with Crippen molar-refractivity contribution in [2.45, 2.75) is 20.8 Å². The predicted molar refractivity (Wildman–Crippen MR) is 93.7 cm³/mol. The van der Waals surface area contributed by atoms with Gasteiger partial charge in [-0.3, -0.25) is 4.79 Å². The molecule has 2 aromatic rings. The van der Waals surface area contributed by atoms with Crippen LogP contribution in [0, 0.1) is 33.9 Å². The molecule has 26 heavy (non-hydrogen) atoms. The number of amides is 1. The van der Waals surface area contributed by atoms with Gasteiger partial charge >= 0.3 is 0 Å². The van der Waals surface area contributed by atoms with E-state index in [-0.39, 0.29) is 39.9 Å². The van der Waals surface area contributed by atoms with Crippen molar-refractivity contribution in [2.24, 2.45) is 5.41 Å². The van der Waals surface area contributed by atoms with Crippen molar-refractivity contribution in [3.63, 3.8) is 0 Å². The van der Waals surface area contributed by atoms with Gasteiger partial charge in [0.2, 0.25) is 11.8 Å². The van der Waals surface area contributed by atoms with Gasteiger partial charge < -0.3 is 10.1 Å². The first-order chi connectivity index (χ1) is 12.2. The van der Waals surface area contributed by atoms with E-state index in [2.05, 4.69) is 10.3 Å². The minimum Gasteiger partial charge on any atom is -0.480 e. The Kier molecular flexibility index (Phi) is 5.23. The maximum Gasteiger partial charge on any atom is 0.234 e. The maximum atomic E-state index is 14.4. The number of carbonyl (C=O) groups is 1. The van der Waals surface area contributed by atoms with E-state index in [0.29, 0.717) is 0 Å². The molecule has 6 nitrogen and oxygen atoms in total. The number of halogens is 1. The fourth-order valence-corrected chi connectivity index (χ4v) is 2.24. The molecule has 0 atom stereocenters. The molecule has 1 aromatic heterocycles. The minimum atomic E-state index is -0.742. The number of carbonyl (C=O) groups excluding carboxylic acids is 1. The summed E-state index contributed by atoms with van der Waals surface area (Å²) in [5.41, 5.74) is -0.849. The summed E-state index contributed by atoms with van der Waals surface area (Å²) in [6, 6.07) is 9.58. The molecule has 0 unspecified atom stereocenters. The third-order valence-corrected chi connectivity index (χ3v) is 3.64. The lowest BCUT2D eigenvalue weighted by molar-refractivity contribution is -0.123. The summed E-state index contributed by atoms with van der Waals surface area (Å²) in [7, 11) is 1.30. The van der Waals surface area contributed by atoms with Gasteiger partial charge in [0.05, 0.1) is 7.11 Å². The molecule has 0 saturated heterocycles. The van der Waals surface area contributed by atoms with Crippen molar-refractivity contribution in [1.29, 1.82) is 10.5 Å². The van der Waals surface area contributed by atoms with Gasteiger partial charge in [-0.1, -0.05) is 39.0 Å². The van der Waals surface area contributed by atoms with Gasteiger partial charge in [-0.15, -0.1) is 0 Å². The van der Waals surface area contributed by atoms with Crippen LogP contribution in [-0.4, -0.2) is 18.0 Å². The quantitative estimate of drug-likeness (QED) is 0.909. The van der Waals surface area contributed by atoms with Crippen LogP contribution >= 0.6 is 0 Å². The van der Waals surface area contributed by atoms with Crippen molar-refractivity contribution < 1.29 is 13.9 Å². The molecule has 1 amide bonds. The first-order valence-electron chi connectivity index (χ1n) is 7.73. The molecule has 0 aliphatic carbocycles. The SMILES string of the molecule is COc1nc(NC(=O)C(C)(C)C)c(C#N)c(-c2ccccc2F)c1C#N. The number of nitriles is 2. The van der Waals surface area contributed by atoms with Gasteiger partial charge in [-0.2, -0.15) is 15.5 Å².